The first-order valence-corrected chi connectivity index (χ1v) is 11.7. The minimum absolute atomic E-state index is 0.0194. The predicted octanol–water partition coefficient (Wildman–Crippen LogP) is 4.47. The summed E-state index contributed by atoms with van der Waals surface area (Å²) in [6, 6.07) is 16.1. The van der Waals surface area contributed by atoms with Gasteiger partial charge in [0.2, 0.25) is 15.9 Å². The lowest BCUT2D eigenvalue weighted by molar-refractivity contribution is -0.137. The van der Waals surface area contributed by atoms with Crippen LogP contribution in [0.25, 0.3) is 0 Å². The molecule has 0 unspecified atom stereocenters. The molecule has 0 fully saturated rings. The van der Waals surface area contributed by atoms with Crippen LogP contribution < -0.4 is 10.1 Å². The SMILES string of the molecule is COc1ccc(S(=O)(=O)N2Cc3ccccc3C[C@H]2C(=O)Nc2ccccc2C(F)(F)F)cc1. The van der Waals surface area contributed by atoms with Crippen LogP contribution in [0.4, 0.5) is 18.9 Å². The standard InChI is InChI=1S/C24H21F3N2O4S/c1-33-18-10-12-19(13-11-18)34(31,32)29-15-17-7-3-2-6-16(17)14-22(29)23(30)28-21-9-5-4-8-20(21)24(25,26)27/h2-13,22H,14-15H2,1H3,(H,28,30)/t22-/m0/s1. The molecule has 1 amide bonds. The molecule has 1 N–H and O–H groups in total. The first-order valence-electron chi connectivity index (χ1n) is 10.3. The Balaban J connectivity index is 1.72. The van der Waals surface area contributed by atoms with Gasteiger partial charge < -0.3 is 10.1 Å². The van der Waals surface area contributed by atoms with Crippen molar-refractivity contribution < 1.29 is 31.1 Å². The summed E-state index contributed by atoms with van der Waals surface area (Å²) in [5, 5.41) is 2.30. The number of rotatable bonds is 5. The molecule has 1 atom stereocenters. The number of ether oxygens (including phenoxy) is 1. The van der Waals surface area contributed by atoms with E-state index in [2.05, 4.69) is 5.32 Å². The Bertz CT molecular complexity index is 1310. The lowest BCUT2D eigenvalue weighted by atomic mass is 9.95. The number of nitrogens with one attached hydrogen (secondary N) is 1. The molecule has 4 rings (SSSR count). The van der Waals surface area contributed by atoms with Crippen LogP contribution >= 0.6 is 0 Å². The van der Waals surface area contributed by atoms with Crippen molar-refractivity contribution in [3.05, 3.63) is 89.5 Å². The quantitative estimate of drug-likeness (QED) is 0.573. The van der Waals surface area contributed by atoms with Gasteiger partial charge in [-0.2, -0.15) is 17.5 Å². The molecular weight excluding hydrogens is 469 g/mol. The molecule has 0 aromatic heterocycles. The number of nitrogens with zero attached hydrogens (tertiary/aromatic N) is 1. The Hall–Kier alpha value is -3.37. The van der Waals surface area contributed by atoms with E-state index < -0.39 is 39.4 Å². The molecule has 34 heavy (non-hydrogen) atoms. The molecule has 6 nitrogen and oxygen atoms in total. The third-order valence-electron chi connectivity index (χ3n) is 5.66. The highest BCUT2D eigenvalue weighted by Crippen LogP contribution is 2.35. The van der Waals surface area contributed by atoms with Gasteiger partial charge >= 0.3 is 6.18 Å². The number of carbonyl (C=O) groups excluding carboxylic acids is 1. The monoisotopic (exact) mass is 490 g/mol. The molecule has 0 spiro atoms. The van der Waals surface area contributed by atoms with Crippen LogP contribution in [0.5, 0.6) is 5.75 Å². The Labute approximate surface area is 195 Å². The lowest BCUT2D eigenvalue weighted by Gasteiger charge is -2.35. The fourth-order valence-electron chi connectivity index (χ4n) is 3.91. The predicted molar refractivity (Wildman–Crippen MR) is 120 cm³/mol. The highest BCUT2D eigenvalue weighted by atomic mass is 32.2. The minimum atomic E-state index is -4.68. The summed E-state index contributed by atoms with van der Waals surface area (Å²) in [5.41, 5.74) is 0.0389. The van der Waals surface area contributed by atoms with E-state index in [0.29, 0.717) is 5.75 Å². The third-order valence-corrected chi connectivity index (χ3v) is 7.53. The van der Waals surface area contributed by atoms with Crippen molar-refractivity contribution in [2.24, 2.45) is 0 Å². The highest BCUT2D eigenvalue weighted by molar-refractivity contribution is 7.89. The molecule has 0 saturated carbocycles. The maximum atomic E-state index is 13.5. The van der Waals surface area contributed by atoms with E-state index in [-0.39, 0.29) is 17.9 Å². The fourth-order valence-corrected chi connectivity index (χ4v) is 5.48. The molecule has 0 radical (unpaired) electrons. The van der Waals surface area contributed by atoms with Gasteiger partial charge in [-0.15, -0.1) is 0 Å². The van der Waals surface area contributed by atoms with Crippen LogP contribution in [0.2, 0.25) is 0 Å². The van der Waals surface area contributed by atoms with Crippen molar-refractivity contribution in [2.45, 2.75) is 30.1 Å². The van der Waals surface area contributed by atoms with E-state index in [0.717, 1.165) is 27.6 Å². The topological polar surface area (TPSA) is 75.7 Å². The van der Waals surface area contributed by atoms with Crippen LogP contribution in [-0.4, -0.2) is 31.8 Å². The Kier molecular flexibility index (Phi) is 6.37. The van der Waals surface area contributed by atoms with Crippen molar-refractivity contribution in [1.29, 1.82) is 0 Å². The van der Waals surface area contributed by atoms with E-state index in [1.165, 1.54) is 43.5 Å². The number of hydrogen-bond donors (Lipinski definition) is 1. The van der Waals surface area contributed by atoms with Gasteiger partial charge in [0.05, 0.1) is 23.3 Å². The van der Waals surface area contributed by atoms with Crippen LogP contribution in [0.3, 0.4) is 0 Å². The Morgan fingerprint density at radius 3 is 2.24 bits per heavy atom. The molecule has 3 aromatic rings. The van der Waals surface area contributed by atoms with Crippen molar-refractivity contribution in [2.75, 3.05) is 12.4 Å². The van der Waals surface area contributed by atoms with Gasteiger partial charge in [0, 0.05) is 6.54 Å². The zero-order valence-electron chi connectivity index (χ0n) is 18.0. The molecule has 0 saturated heterocycles. The maximum absolute atomic E-state index is 13.5. The number of anilines is 1. The number of para-hydroxylation sites is 1. The van der Waals surface area contributed by atoms with Crippen molar-refractivity contribution >= 4 is 21.6 Å². The molecule has 1 aliphatic rings. The van der Waals surface area contributed by atoms with Gasteiger partial charge in [0.1, 0.15) is 11.8 Å². The smallest absolute Gasteiger partial charge is 0.418 e. The average molecular weight is 491 g/mol. The number of alkyl halides is 3. The van der Waals surface area contributed by atoms with E-state index in [1.54, 1.807) is 24.3 Å². The first-order chi connectivity index (χ1) is 16.1. The second-order valence-corrected chi connectivity index (χ2v) is 9.64. The number of methoxy groups -OCH3 is 1. The molecule has 0 bridgehead atoms. The summed E-state index contributed by atoms with van der Waals surface area (Å²) in [6.07, 6.45) is -4.66. The van der Waals surface area contributed by atoms with E-state index in [1.807, 2.05) is 0 Å². The van der Waals surface area contributed by atoms with Crippen LogP contribution in [0, 0.1) is 0 Å². The van der Waals surface area contributed by atoms with Crippen LogP contribution in [-0.2, 0) is 34.0 Å². The molecule has 1 heterocycles. The van der Waals surface area contributed by atoms with Gasteiger partial charge in [-0.3, -0.25) is 4.79 Å². The summed E-state index contributed by atoms with van der Waals surface area (Å²) in [6.45, 7) is -0.0937. The van der Waals surface area contributed by atoms with Gasteiger partial charge in [0.15, 0.2) is 0 Å². The molecule has 1 aliphatic heterocycles. The number of halogens is 3. The van der Waals surface area contributed by atoms with Gasteiger partial charge in [-0.05, 0) is 53.9 Å². The third kappa shape index (κ3) is 4.64. The maximum Gasteiger partial charge on any atom is 0.418 e. The molecule has 10 heteroatoms. The molecule has 0 aliphatic carbocycles. The van der Waals surface area contributed by atoms with E-state index in [4.69, 9.17) is 4.74 Å². The number of hydrogen-bond acceptors (Lipinski definition) is 4. The number of sulfonamides is 1. The summed E-state index contributed by atoms with van der Waals surface area (Å²) >= 11 is 0. The fraction of sp³-hybridized carbons (Fsp3) is 0.208. The summed E-state index contributed by atoms with van der Waals surface area (Å²) in [7, 11) is -2.71. The zero-order chi connectivity index (χ0) is 24.5. The summed E-state index contributed by atoms with van der Waals surface area (Å²) in [4.78, 5) is 13.2. The minimum Gasteiger partial charge on any atom is -0.497 e. The number of fused-ring (bicyclic) bond motifs is 1. The normalized spacial score (nSPS) is 16.5. The Morgan fingerprint density at radius 1 is 0.971 bits per heavy atom. The molecular formula is C24H21F3N2O4S. The van der Waals surface area contributed by atoms with E-state index >= 15 is 0 Å². The van der Waals surface area contributed by atoms with Gasteiger partial charge in [0.25, 0.3) is 0 Å². The molecule has 178 valence electrons. The second-order valence-electron chi connectivity index (χ2n) is 7.75. The second kappa shape index (κ2) is 9.11. The number of amides is 1. The molecule has 3 aromatic carbocycles. The van der Waals surface area contributed by atoms with Crippen LogP contribution in [0.15, 0.2) is 77.7 Å². The number of benzene rings is 3. The average Bonchev–Trinajstić information content (AvgIpc) is 2.83. The zero-order valence-corrected chi connectivity index (χ0v) is 18.9. The Morgan fingerprint density at radius 2 is 1.59 bits per heavy atom. The van der Waals surface area contributed by atoms with Gasteiger partial charge in [-0.25, -0.2) is 8.42 Å². The largest absolute Gasteiger partial charge is 0.497 e. The van der Waals surface area contributed by atoms with Crippen molar-refractivity contribution in [3.8, 4) is 5.75 Å². The van der Waals surface area contributed by atoms with Crippen LogP contribution in [0.1, 0.15) is 16.7 Å². The van der Waals surface area contributed by atoms with Crippen molar-refractivity contribution in [3.63, 3.8) is 0 Å². The lowest BCUT2D eigenvalue weighted by Crippen LogP contribution is -2.50. The summed E-state index contributed by atoms with van der Waals surface area (Å²) < 4.78 is 73.4. The first kappa shape index (κ1) is 23.8. The van der Waals surface area contributed by atoms with Crippen molar-refractivity contribution in [1.82, 2.24) is 4.31 Å². The number of carbonyl (C=O) groups is 1. The highest BCUT2D eigenvalue weighted by Gasteiger charge is 2.41. The summed E-state index contributed by atoms with van der Waals surface area (Å²) in [5.74, 6) is -0.385. The van der Waals surface area contributed by atoms with E-state index in [9.17, 15) is 26.4 Å². The van der Waals surface area contributed by atoms with Gasteiger partial charge in [-0.1, -0.05) is 36.4 Å².